The van der Waals surface area contributed by atoms with Crippen molar-refractivity contribution in [1.29, 1.82) is 0 Å². The van der Waals surface area contributed by atoms with Crippen molar-refractivity contribution in [1.82, 2.24) is 20.3 Å². The van der Waals surface area contributed by atoms with Crippen LogP contribution in [0.25, 0.3) is 0 Å². The molecule has 3 heterocycles. The van der Waals surface area contributed by atoms with Crippen LogP contribution >= 0.6 is 0 Å². The normalized spacial score (nSPS) is 23.4. The van der Waals surface area contributed by atoms with E-state index in [-0.39, 0.29) is 11.9 Å². The second-order valence-electron chi connectivity index (χ2n) is 6.43. The molecule has 26 heavy (non-hydrogen) atoms. The van der Waals surface area contributed by atoms with Gasteiger partial charge in [0.05, 0.1) is 24.5 Å². The third-order valence-corrected chi connectivity index (χ3v) is 4.74. The molecule has 1 aromatic heterocycles. The molecule has 1 aromatic carbocycles. The molecule has 9 heteroatoms. The minimum atomic E-state index is -0.729. The van der Waals surface area contributed by atoms with Crippen molar-refractivity contribution in [3.05, 3.63) is 36.4 Å². The molecule has 1 N–H and O–H groups in total. The molecule has 0 bridgehead atoms. The Morgan fingerprint density at radius 3 is 2.88 bits per heavy atom. The number of carbonyl (C=O) groups is 1. The number of carbonyl (C=O) groups excluding carboxylic acids is 1. The van der Waals surface area contributed by atoms with Gasteiger partial charge in [0.25, 0.3) is 0 Å². The third kappa shape index (κ3) is 3.40. The largest absolute Gasteiger partial charge is 0.367 e. The summed E-state index contributed by atoms with van der Waals surface area (Å²) in [4.78, 5) is 15.2. The number of hydrogen-bond acceptors (Lipinski definition) is 7. The highest BCUT2D eigenvalue weighted by atomic mass is 19.1. The molecule has 1 unspecified atom stereocenters. The molecule has 0 saturated carbocycles. The fourth-order valence-corrected chi connectivity index (χ4v) is 3.47. The zero-order chi connectivity index (χ0) is 17.9. The van der Waals surface area contributed by atoms with Crippen molar-refractivity contribution in [2.24, 2.45) is 0 Å². The predicted octanol–water partition coefficient (Wildman–Crippen LogP) is 0.257. The molecule has 138 valence electrons. The minimum Gasteiger partial charge on any atom is -0.367 e. The Morgan fingerprint density at radius 1 is 1.35 bits per heavy atom. The molecule has 0 aliphatic carbocycles. The van der Waals surface area contributed by atoms with Crippen molar-refractivity contribution in [2.75, 3.05) is 42.5 Å². The van der Waals surface area contributed by atoms with E-state index in [4.69, 9.17) is 4.74 Å². The highest BCUT2D eigenvalue weighted by Gasteiger charge is 2.33. The Kier molecular flexibility index (Phi) is 4.81. The van der Waals surface area contributed by atoms with Gasteiger partial charge >= 0.3 is 0 Å². The van der Waals surface area contributed by atoms with Gasteiger partial charge in [0, 0.05) is 44.6 Å². The van der Waals surface area contributed by atoms with Crippen molar-refractivity contribution in [3.8, 4) is 0 Å². The van der Waals surface area contributed by atoms with Crippen molar-refractivity contribution in [3.63, 3.8) is 0 Å². The Labute approximate surface area is 150 Å². The van der Waals surface area contributed by atoms with Crippen LogP contribution in [-0.4, -0.2) is 66.3 Å². The van der Waals surface area contributed by atoms with Gasteiger partial charge in [-0.2, -0.15) is 0 Å². The molecular formula is C17H21FN6O2. The van der Waals surface area contributed by atoms with Crippen LogP contribution in [0.3, 0.4) is 0 Å². The SMILES string of the molecule is O=CC1O[C@@H](Cn2ccnn2)CN1c1ccc(N2CCNCC2)c(F)c1. The van der Waals surface area contributed by atoms with Crippen LogP contribution in [-0.2, 0) is 16.1 Å². The highest BCUT2D eigenvalue weighted by Crippen LogP contribution is 2.29. The Hall–Kier alpha value is -2.52. The molecule has 2 aromatic rings. The van der Waals surface area contributed by atoms with Crippen LogP contribution in [0.15, 0.2) is 30.6 Å². The van der Waals surface area contributed by atoms with Crippen LogP contribution in [0.4, 0.5) is 15.8 Å². The number of aromatic nitrogens is 3. The zero-order valence-electron chi connectivity index (χ0n) is 14.3. The fourth-order valence-electron chi connectivity index (χ4n) is 3.47. The van der Waals surface area contributed by atoms with E-state index >= 15 is 0 Å². The Balaban J connectivity index is 1.50. The lowest BCUT2D eigenvalue weighted by Gasteiger charge is -2.30. The maximum Gasteiger partial charge on any atom is 0.187 e. The molecule has 8 nitrogen and oxygen atoms in total. The smallest absolute Gasteiger partial charge is 0.187 e. The number of aldehydes is 1. The van der Waals surface area contributed by atoms with Crippen LogP contribution in [0.1, 0.15) is 0 Å². The van der Waals surface area contributed by atoms with Gasteiger partial charge in [-0.3, -0.25) is 4.79 Å². The van der Waals surface area contributed by atoms with E-state index in [9.17, 15) is 9.18 Å². The van der Waals surface area contributed by atoms with Gasteiger partial charge in [0.1, 0.15) is 5.82 Å². The summed E-state index contributed by atoms with van der Waals surface area (Å²) in [5, 5.41) is 10.9. The molecular weight excluding hydrogens is 339 g/mol. The van der Waals surface area contributed by atoms with Gasteiger partial charge in [-0.15, -0.1) is 5.10 Å². The number of hydrogen-bond donors (Lipinski definition) is 1. The first-order chi connectivity index (χ1) is 12.7. The summed E-state index contributed by atoms with van der Waals surface area (Å²) >= 11 is 0. The molecule has 2 fully saturated rings. The van der Waals surface area contributed by atoms with Crippen LogP contribution in [0, 0.1) is 5.82 Å². The summed E-state index contributed by atoms with van der Waals surface area (Å²) in [5.41, 5.74) is 1.23. The van der Waals surface area contributed by atoms with Gasteiger partial charge in [-0.25, -0.2) is 9.07 Å². The lowest BCUT2D eigenvalue weighted by molar-refractivity contribution is -0.117. The Bertz CT molecular complexity index is 750. The summed E-state index contributed by atoms with van der Waals surface area (Å²) < 4.78 is 22.1. The monoisotopic (exact) mass is 360 g/mol. The van der Waals surface area contributed by atoms with Gasteiger partial charge in [0.2, 0.25) is 0 Å². The van der Waals surface area contributed by atoms with Gasteiger partial charge < -0.3 is 19.9 Å². The fraction of sp³-hybridized carbons (Fsp3) is 0.471. The molecule has 0 spiro atoms. The van der Waals surface area contributed by atoms with Crippen molar-refractivity contribution < 1.29 is 13.9 Å². The lowest BCUT2D eigenvalue weighted by Crippen LogP contribution is -2.43. The van der Waals surface area contributed by atoms with E-state index in [0.29, 0.717) is 24.5 Å². The average molecular weight is 360 g/mol. The van der Waals surface area contributed by atoms with E-state index in [0.717, 1.165) is 32.5 Å². The first kappa shape index (κ1) is 16.9. The molecule has 2 aliphatic rings. The highest BCUT2D eigenvalue weighted by molar-refractivity contribution is 5.67. The number of nitrogens with zero attached hydrogens (tertiary/aromatic N) is 5. The summed E-state index contributed by atoms with van der Waals surface area (Å²) in [6.45, 7) is 4.22. The summed E-state index contributed by atoms with van der Waals surface area (Å²) in [7, 11) is 0. The molecule has 2 atom stereocenters. The average Bonchev–Trinajstić information content (AvgIpc) is 3.32. The van der Waals surface area contributed by atoms with Crippen LogP contribution in [0.5, 0.6) is 0 Å². The maximum absolute atomic E-state index is 14.7. The number of piperazine rings is 1. The second kappa shape index (κ2) is 7.38. The van der Waals surface area contributed by atoms with E-state index in [1.165, 1.54) is 6.07 Å². The summed E-state index contributed by atoms with van der Waals surface area (Å²) in [6, 6.07) is 5.11. The first-order valence-corrected chi connectivity index (χ1v) is 8.71. The van der Waals surface area contributed by atoms with E-state index in [1.807, 2.05) is 11.0 Å². The molecule has 0 amide bonds. The minimum absolute atomic E-state index is 0.220. The number of ether oxygens (including phenoxy) is 1. The quantitative estimate of drug-likeness (QED) is 0.767. The first-order valence-electron chi connectivity index (χ1n) is 8.71. The number of halogens is 1. The Morgan fingerprint density at radius 2 is 2.19 bits per heavy atom. The third-order valence-electron chi connectivity index (χ3n) is 4.74. The van der Waals surface area contributed by atoms with E-state index in [1.54, 1.807) is 28.0 Å². The maximum atomic E-state index is 14.7. The topological polar surface area (TPSA) is 75.5 Å². The predicted molar refractivity (Wildman–Crippen MR) is 93.6 cm³/mol. The molecule has 0 radical (unpaired) electrons. The van der Waals surface area contributed by atoms with E-state index in [2.05, 4.69) is 15.6 Å². The number of anilines is 2. The summed E-state index contributed by atoms with van der Waals surface area (Å²) in [5.74, 6) is -0.284. The summed E-state index contributed by atoms with van der Waals surface area (Å²) in [6.07, 6.45) is 3.12. The van der Waals surface area contributed by atoms with Crippen molar-refractivity contribution in [2.45, 2.75) is 18.9 Å². The lowest BCUT2D eigenvalue weighted by atomic mass is 10.2. The number of nitrogens with one attached hydrogen (secondary N) is 1. The zero-order valence-corrected chi connectivity index (χ0v) is 14.3. The molecule has 4 rings (SSSR count). The van der Waals surface area contributed by atoms with Gasteiger partial charge in [-0.1, -0.05) is 5.21 Å². The molecule has 2 saturated heterocycles. The van der Waals surface area contributed by atoms with E-state index < -0.39 is 6.23 Å². The van der Waals surface area contributed by atoms with Crippen molar-refractivity contribution >= 4 is 17.7 Å². The second-order valence-corrected chi connectivity index (χ2v) is 6.43. The van der Waals surface area contributed by atoms with Crippen LogP contribution < -0.4 is 15.1 Å². The standard InChI is InChI=1S/C17H21FN6O2/c18-15-9-13(1-2-16(15)22-6-3-19-4-7-22)24-11-14(26-17(24)12-25)10-23-8-5-20-21-23/h1-2,5,8-9,12,14,17,19H,3-4,6-7,10-11H2/t14-,17?/m0/s1. The van der Waals surface area contributed by atoms with Gasteiger partial charge in [0.15, 0.2) is 12.5 Å². The number of benzene rings is 1. The van der Waals surface area contributed by atoms with Crippen LogP contribution in [0.2, 0.25) is 0 Å². The molecule has 2 aliphatic heterocycles. The number of rotatable bonds is 5. The van der Waals surface area contributed by atoms with Gasteiger partial charge in [-0.05, 0) is 18.2 Å².